The van der Waals surface area contributed by atoms with Crippen LogP contribution in [0.5, 0.6) is 0 Å². The SMILES string of the molecule is CCN(CCC#N)Cc1c(Cl)cccc1Cl. The molecular weight excluding hydrogens is 243 g/mol. The third-order valence-electron chi connectivity index (χ3n) is 2.43. The molecule has 86 valence electrons. The molecular formula is C12H14Cl2N2. The summed E-state index contributed by atoms with van der Waals surface area (Å²) in [6.07, 6.45) is 0.524. The van der Waals surface area contributed by atoms with Crippen LogP contribution in [0.3, 0.4) is 0 Å². The minimum absolute atomic E-state index is 0.524. The van der Waals surface area contributed by atoms with Crippen LogP contribution in [0.2, 0.25) is 10.0 Å². The summed E-state index contributed by atoms with van der Waals surface area (Å²) in [6, 6.07) is 7.64. The van der Waals surface area contributed by atoms with Gasteiger partial charge in [-0.3, -0.25) is 4.90 Å². The van der Waals surface area contributed by atoms with E-state index in [1.165, 1.54) is 0 Å². The van der Waals surface area contributed by atoms with Crippen molar-refractivity contribution in [3.63, 3.8) is 0 Å². The molecule has 0 atom stereocenters. The number of halogens is 2. The van der Waals surface area contributed by atoms with Gasteiger partial charge in [0, 0.05) is 35.1 Å². The molecule has 0 radical (unpaired) electrons. The van der Waals surface area contributed by atoms with Crippen molar-refractivity contribution in [3.8, 4) is 6.07 Å². The lowest BCUT2D eigenvalue weighted by molar-refractivity contribution is 0.287. The van der Waals surface area contributed by atoms with E-state index in [1.807, 2.05) is 18.2 Å². The van der Waals surface area contributed by atoms with Crippen molar-refractivity contribution < 1.29 is 0 Å². The second kappa shape index (κ2) is 6.75. The van der Waals surface area contributed by atoms with Gasteiger partial charge in [0.15, 0.2) is 0 Å². The standard InChI is InChI=1S/C12H14Cl2N2/c1-2-16(8-4-7-15)9-10-11(13)5-3-6-12(10)14/h3,5-6H,2,4,8-9H2,1H3. The van der Waals surface area contributed by atoms with Crippen molar-refractivity contribution in [1.82, 2.24) is 4.90 Å². The predicted molar refractivity (Wildman–Crippen MR) is 67.6 cm³/mol. The van der Waals surface area contributed by atoms with E-state index < -0.39 is 0 Å². The Morgan fingerprint density at radius 1 is 1.31 bits per heavy atom. The van der Waals surface area contributed by atoms with Crippen LogP contribution in [0.15, 0.2) is 18.2 Å². The van der Waals surface area contributed by atoms with E-state index in [-0.39, 0.29) is 0 Å². The largest absolute Gasteiger partial charge is 0.298 e. The molecule has 0 aliphatic rings. The quantitative estimate of drug-likeness (QED) is 0.803. The molecule has 0 amide bonds. The molecule has 0 aliphatic heterocycles. The Morgan fingerprint density at radius 3 is 2.44 bits per heavy atom. The summed E-state index contributed by atoms with van der Waals surface area (Å²) in [6.45, 7) is 4.37. The van der Waals surface area contributed by atoms with Crippen LogP contribution >= 0.6 is 23.2 Å². The third kappa shape index (κ3) is 3.68. The van der Waals surface area contributed by atoms with Gasteiger partial charge >= 0.3 is 0 Å². The first-order valence-electron chi connectivity index (χ1n) is 5.21. The highest BCUT2D eigenvalue weighted by atomic mass is 35.5. The van der Waals surface area contributed by atoms with Crippen LogP contribution in [0.1, 0.15) is 18.9 Å². The number of benzene rings is 1. The minimum Gasteiger partial charge on any atom is -0.298 e. The lowest BCUT2D eigenvalue weighted by atomic mass is 10.2. The van der Waals surface area contributed by atoms with Gasteiger partial charge in [-0.25, -0.2) is 0 Å². The van der Waals surface area contributed by atoms with Gasteiger partial charge in [-0.05, 0) is 18.7 Å². The number of hydrogen-bond acceptors (Lipinski definition) is 2. The zero-order valence-electron chi connectivity index (χ0n) is 9.21. The summed E-state index contributed by atoms with van der Waals surface area (Å²) in [5.74, 6) is 0. The molecule has 2 nitrogen and oxygen atoms in total. The van der Waals surface area contributed by atoms with Crippen molar-refractivity contribution >= 4 is 23.2 Å². The number of nitriles is 1. The second-order valence-corrected chi connectivity index (χ2v) is 4.29. The molecule has 1 rings (SSSR count). The molecule has 16 heavy (non-hydrogen) atoms. The van der Waals surface area contributed by atoms with Gasteiger partial charge < -0.3 is 0 Å². The third-order valence-corrected chi connectivity index (χ3v) is 3.14. The summed E-state index contributed by atoms with van der Waals surface area (Å²) in [5, 5.41) is 9.92. The molecule has 0 bridgehead atoms. The number of hydrogen-bond donors (Lipinski definition) is 0. The summed E-state index contributed by atoms with van der Waals surface area (Å²) in [4.78, 5) is 2.15. The predicted octanol–water partition coefficient (Wildman–Crippen LogP) is 3.73. The first-order valence-corrected chi connectivity index (χ1v) is 5.96. The normalized spacial score (nSPS) is 10.4. The van der Waals surface area contributed by atoms with E-state index in [9.17, 15) is 0 Å². The summed E-state index contributed by atoms with van der Waals surface area (Å²) in [7, 11) is 0. The molecule has 0 N–H and O–H groups in total. The Balaban J connectivity index is 2.74. The van der Waals surface area contributed by atoms with Crippen molar-refractivity contribution in [2.24, 2.45) is 0 Å². The molecule has 0 heterocycles. The topological polar surface area (TPSA) is 27.0 Å². The lowest BCUT2D eigenvalue weighted by Gasteiger charge is -2.20. The van der Waals surface area contributed by atoms with Crippen molar-refractivity contribution in [3.05, 3.63) is 33.8 Å². The van der Waals surface area contributed by atoms with Crippen LogP contribution in [-0.2, 0) is 6.54 Å². The fourth-order valence-electron chi connectivity index (χ4n) is 1.46. The molecule has 4 heteroatoms. The Hall–Kier alpha value is -0.750. The maximum atomic E-state index is 8.56. The zero-order chi connectivity index (χ0) is 12.0. The highest BCUT2D eigenvalue weighted by Gasteiger charge is 2.09. The van der Waals surface area contributed by atoms with Gasteiger partial charge in [0.1, 0.15) is 0 Å². The van der Waals surface area contributed by atoms with E-state index in [2.05, 4.69) is 17.9 Å². The smallest absolute Gasteiger partial charge is 0.0635 e. The first-order chi connectivity index (χ1) is 7.69. The maximum Gasteiger partial charge on any atom is 0.0635 e. The fraction of sp³-hybridized carbons (Fsp3) is 0.417. The van der Waals surface area contributed by atoms with Crippen LogP contribution in [-0.4, -0.2) is 18.0 Å². The van der Waals surface area contributed by atoms with E-state index in [1.54, 1.807) is 0 Å². The van der Waals surface area contributed by atoms with Gasteiger partial charge in [0.25, 0.3) is 0 Å². The molecule has 0 saturated carbocycles. The van der Waals surface area contributed by atoms with Gasteiger partial charge in [-0.1, -0.05) is 36.2 Å². The Labute approximate surface area is 106 Å². The molecule has 0 saturated heterocycles. The molecule has 0 spiro atoms. The highest BCUT2D eigenvalue weighted by molar-refractivity contribution is 6.35. The van der Waals surface area contributed by atoms with Crippen molar-refractivity contribution in [1.29, 1.82) is 5.26 Å². The van der Waals surface area contributed by atoms with Crippen LogP contribution in [0.4, 0.5) is 0 Å². The Morgan fingerprint density at radius 2 is 1.94 bits per heavy atom. The van der Waals surface area contributed by atoms with E-state index in [0.29, 0.717) is 23.0 Å². The molecule has 0 aliphatic carbocycles. The van der Waals surface area contributed by atoms with Crippen LogP contribution in [0.25, 0.3) is 0 Å². The van der Waals surface area contributed by atoms with E-state index in [4.69, 9.17) is 28.5 Å². The van der Waals surface area contributed by atoms with Gasteiger partial charge in [0.2, 0.25) is 0 Å². The monoisotopic (exact) mass is 256 g/mol. The van der Waals surface area contributed by atoms with Gasteiger partial charge in [0.05, 0.1) is 6.07 Å². The maximum absolute atomic E-state index is 8.56. The zero-order valence-corrected chi connectivity index (χ0v) is 10.7. The molecule has 0 unspecified atom stereocenters. The van der Waals surface area contributed by atoms with Crippen LogP contribution in [0, 0.1) is 11.3 Å². The minimum atomic E-state index is 0.524. The second-order valence-electron chi connectivity index (χ2n) is 3.48. The Bertz CT molecular complexity index is 365. The van der Waals surface area contributed by atoms with Gasteiger partial charge in [-0.2, -0.15) is 5.26 Å². The first kappa shape index (κ1) is 13.3. The van der Waals surface area contributed by atoms with Gasteiger partial charge in [-0.15, -0.1) is 0 Å². The molecule has 1 aromatic carbocycles. The molecule has 0 fully saturated rings. The average Bonchev–Trinajstić information content (AvgIpc) is 2.28. The fourth-order valence-corrected chi connectivity index (χ4v) is 1.98. The van der Waals surface area contributed by atoms with E-state index in [0.717, 1.165) is 18.7 Å². The Kier molecular flexibility index (Phi) is 5.62. The average molecular weight is 257 g/mol. The highest BCUT2D eigenvalue weighted by Crippen LogP contribution is 2.25. The summed E-state index contributed by atoms with van der Waals surface area (Å²) >= 11 is 12.2. The van der Waals surface area contributed by atoms with Crippen molar-refractivity contribution in [2.45, 2.75) is 19.9 Å². The van der Waals surface area contributed by atoms with Crippen molar-refractivity contribution in [2.75, 3.05) is 13.1 Å². The molecule has 0 aromatic heterocycles. The van der Waals surface area contributed by atoms with E-state index >= 15 is 0 Å². The summed E-state index contributed by atoms with van der Waals surface area (Å²) in [5.41, 5.74) is 0.936. The summed E-state index contributed by atoms with van der Waals surface area (Å²) < 4.78 is 0. The number of rotatable bonds is 5. The van der Waals surface area contributed by atoms with Crippen LogP contribution < -0.4 is 0 Å². The number of nitrogens with zero attached hydrogens (tertiary/aromatic N) is 2. The lowest BCUT2D eigenvalue weighted by Crippen LogP contribution is -2.24. The molecule has 1 aromatic rings.